The summed E-state index contributed by atoms with van der Waals surface area (Å²) in [5, 5.41) is 2.91. The summed E-state index contributed by atoms with van der Waals surface area (Å²) in [5.41, 5.74) is 1.72. The number of halogens is 1. The van der Waals surface area contributed by atoms with Crippen molar-refractivity contribution in [1.82, 2.24) is 5.32 Å². The Balaban J connectivity index is 1.38. The van der Waals surface area contributed by atoms with Crippen molar-refractivity contribution in [2.75, 3.05) is 18.2 Å². The normalized spacial score (nSPS) is 18.3. The number of nitrogens with zero attached hydrogens (tertiary/aromatic N) is 1. The SMILES string of the molecule is O=C(NCc1ccc2c(c1)OCO2)C1CC(=O)N(c2ccccc2Br)C1. The number of rotatable bonds is 4. The predicted octanol–water partition coefficient (Wildman–Crippen LogP) is 2.85. The van der Waals surface area contributed by atoms with Crippen molar-refractivity contribution in [3.63, 3.8) is 0 Å². The Bertz CT molecular complexity index is 870. The van der Waals surface area contributed by atoms with Crippen LogP contribution in [0.15, 0.2) is 46.9 Å². The molecule has 0 radical (unpaired) electrons. The molecule has 0 saturated carbocycles. The molecule has 26 heavy (non-hydrogen) atoms. The molecule has 1 unspecified atom stereocenters. The topological polar surface area (TPSA) is 67.9 Å². The standard InChI is InChI=1S/C19H17BrN2O4/c20-14-3-1-2-4-15(14)22-10-13(8-18(22)23)19(24)21-9-12-5-6-16-17(7-12)26-11-25-16/h1-7,13H,8-11H2,(H,21,24). The molecule has 0 bridgehead atoms. The molecule has 2 aromatic carbocycles. The highest BCUT2D eigenvalue weighted by atomic mass is 79.9. The van der Waals surface area contributed by atoms with Gasteiger partial charge in [-0.3, -0.25) is 9.59 Å². The molecule has 2 amide bonds. The molecule has 4 rings (SSSR count). The van der Waals surface area contributed by atoms with Gasteiger partial charge in [0.05, 0.1) is 11.6 Å². The summed E-state index contributed by atoms with van der Waals surface area (Å²) in [5.74, 6) is 0.882. The van der Waals surface area contributed by atoms with Crippen LogP contribution in [0.1, 0.15) is 12.0 Å². The highest BCUT2D eigenvalue weighted by Crippen LogP contribution is 2.33. The van der Waals surface area contributed by atoms with Crippen molar-refractivity contribution >= 4 is 33.4 Å². The van der Waals surface area contributed by atoms with Crippen LogP contribution in [0.4, 0.5) is 5.69 Å². The predicted molar refractivity (Wildman–Crippen MR) is 99.0 cm³/mol. The van der Waals surface area contributed by atoms with Crippen LogP contribution in [0.2, 0.25) is 0 Å². The van der Waals surface area contributed by atoms with Crippen LogP contribution in [-0.4, -0.2) is 25.2 Å². The Morgan fingerprint density at radius 1 is 1.19 bits per heavy atom. The molecule has 0 spiro atoms. The van der Waals surface area contributed by atoms with Crippen LogP contribution in [0, 0.1) is 5.92 Å². The van der Waals surface area contributed by atoms with Crippen LogP contribution in [0.5, 0.6) is 11.5 Å². The molecule has 1 N–H and O–H groups in total. The minimum absolute atomic E-state index is 0.0415. The first kappa shape index (κ1) is 16.9. The highest BCUT2D eigenvalue weighted by Gasteiger charge is 2.35. The molecule has 2 aliphatic heterocycles. The summed E-state index contributed by atoms with van der Waals surface area (Å²) in [6, 6.07) is 13.1. The molecule has 0 aliphatic carbocycles. The number of ether oxygens (including phenoxy) is 2. The quantitative estimate of drug-likeness (QED) is 0.831. The van der Waals surface area contributed by atoms with Gasteiger partial charge in [-0.05, 0) is 45.8 Å². The molecule has 2 aliphatic rings. The van der Waals surface area contributed by atoms with E-state index in [-0.39, 0.29) is 30.9 Å². The number of anilines is 1. The lowest BCUT2D eigenvalue weighted by Crippen LogP contribution is -2.32. The van der Waals surface area contributed by atoms with E-state index in [1.54, 1.807) is 4.90 Å². The van der Waals surface area contributed by atoms with Gasteiger partial charge in [-0.1, -0.05) is 18.2 Å². The second-order valence-electron chi connectivity index (χ2n) is 6.26. The van der Waals surface area contributed by atoms with E-state index in [1.165, 1.54) is 0 Å². The number of benzene rings is 2. The summed E-state index contributed by atoms with van der Waals surface area (Å²) in [4.78, 5) is 26.5. The number of nitrogens with one attached hydrogen (secondary N) is 1. The van der Waals surface area contributed by atoms with Crippen molar-refractivity contribution in [3.05, 3.63) is 52.5 Å². The summed E-state index contributed by atoms with van der Waals surface area (Å²) in [6.07, 6.45) is 0.217. The lowest BCUT2D eigenvalue weighted by atomic mass is 10.1. The number of carbonyl (C=O) groups is 2. The van der Waals surface area contributed by atoms with Crippen LogP contribution in [0.25, 0.3) is 0 Å². The molecular weight excluding hydrogens is 400 g/mol. The third kappa shape index (κ3) is 3.26. The third-order valence-corrected chi connectivity index (χ3v) is 5.21. The first-order valence-corrected chi connectivity index (χ1v) is 9.12. The lowest BCUT2D eigenvalue weighted by Gasteiger charge is -2.18. The molecule has 2 aromatic rings. The van der Waals surface area contributed by atoms with E-state index < -0.39 is 0 Å². The number of amides is 2. The van der Waals surface area contributed by atoms with Gasteiger partial charge in [0.1, 0.15) is 0 Å². The first-order valence-electron chi connectivity index (χ1n) is 8.33. The summed E-state index contributed by atoms with van der Waals surface area (Å²) in [6.45, 7) is 0.990. The lowest BCUT2D eigenvalue weighted by molar-refractivity contribution is -0.126. The molecule has 134 valence electrons. The summed E-state index contributed by atoms with van der Waals surface area (Å²) < 4.78 is 11.5. The number of hydrogen-bond donors (Lipinski definition) is 1. The molecule has 1 saturated heterocycles. The Hall–Kier alpha value is -2.54. The maximum absolute atomic E-state index is 12.5. The van der Waals surface area contributed by atoms with Gasteiger partial charge in [0, 0.05) is 24.0 Å². The van der Waals surface area contributed by atoms with E-state index in [0.717, 1.165) is 15.7 Å². The van der Waals surface area contributed by atoms with Gasteiger partial charge >= 0.3 is 0 Å². The van der Waals surface area contributed by atoms with Gasteiger partial charge in [-0.2, -0.15) is 0 Å². The van der Waals surface area contributed by atoms with Crippen LogP contribution < -0.4 is 19.7 Å². The fourth-order valence-electron chi connectivity index (χ4n) is 3.17. The van der Waals surface area contributed by atoms with E-state index in [1.807, 2.05) is 42.5 Å². The van der Waals surface area contributed by atoms with Crippen molar-refractivity contribution in [2.24, 2.45) is 5.92 Å². The second-order valence-corrected chi connectivity index (χ2v) is 7.12. The zero-order valence-corrected chi connectivity index (χ0v) is 15.5. The van der Waals surface area contributed by atoms with E-state index in [9.17, 15) is 9.59 Å². The van der Waals surface area contributed by atoms with Crippen LogP contribution in [0.3, 0.4) is 0 Å². The van der Waals surface area contributed by atoms with Gasteiger partial charge < -0.3 is 19.7 Å². The van der Waals surface area contributed by atoms with Crippen molar-refractivity contribution in [1.29, 1.82) is 0 Å². The first-order chi connectivity index (χ1) is 12.6. The molecule has 6 nitrogen and oxygen atoms in total. The van der Waals surface area contributed by atoms with Crippen LogP contribution >= 0.6 is 15.9 Å². The Kier molecular flexibility index (Phi) is 4.55. The van der Waals surface area contributed by atoms with Gasteiger partial charge in [0.2, 0.25) is 18.6 Å². The maximum atomic E-state index is 12.5. The zero-order chi connectivity index (χ0) is 18.1. The van der Waals surface area contributed by atoms with E-state index in [2.05, 4.69) is 21.2 Å². The molecule has 1 fully saturated rings. The summed E-state index contributed by atoms with van der Waals surface area (Å²) >= 11 is 3.46. The Morgan fingerprint density at radius 2 is 2.00 bits per heavy atom. The fourth-order valence-corrected chi connectivity index (χ4v) is 3.67. The smallest absolute Gasteiger partial charge is 0.231 e. The Labute approximate surface area is 159 Å². The van der Waals surface area contributed by atoms with Crippen LogP contribution in [-0.2, 0) is 16.1 Å². The molecule has 2 heterocycles. The van der Waals surface area contributed by atoms with Gasteiger partial charge in [-0.15, -0.1) is 0 Å². The van der Waals surface area contributed by atoms with Crippen molar-refractivity contribution in [3.8, 4) is 11.5 Å². The second kappa shape index (κ2) is 6.99. The van der Waals surface area contributed by atoms with Gasteiger partial charge in [0.15, 0.2) is 11.5 Å². The van der Waals surface area contributed by atoms with Gasteiger partial charge in [-0.25, -0.2) is 0 Å². The number of carbonyl (C=O) groups excluding carboxylic acids is 2. The molecular formula is C19H17BrN2O4. The minimum Gasteiger partial charge on any atom is -0.454 e. The third-order valence-electron chi connectivity index (χ3n) is 4.54. The Morgan fingerprint density at radius 3 is 2.85 bits per heavy atom. The average Bonchev–Trinajstić information content (AvgIpc) is 3.26. The maximum Gasteiger partial charge on any atom is 0.231 e. The molecule has 1 atom stereocenters. The van der Waals surface area contributed by atoms with Crippen molar-refractivity contribution in [2.45, 2.75) is 13.0 Å². The summed E-state index contributed by atoms with van der Waals surface area (Å²) in [7, 11) is 0. The number of para-hydroxylation sites is 1. The number of fused-ring (bicyclic) bond motifs is 1. The van der Waals surface area contributed by atoms with E-state index in [4.69, 9.17) is 9.47 Å². The van der Waals surface area contributed by atoms with Gasteiger partial charge in [0.25, 0.3) is 0 Å². The zero-order valence-electron chi connectivity index (χ0n) is 13.9. The highest BCUT2D eigenvalue weighted by molar-refractivity contribution is 9.10. The molecule has 7 heteroatoms. The van der Waals surface area contributed by atoms with E-state index >= 15 is 0 Å². The van der Waals surface area contributed by atoms with Crippen molar-refractivity contribution < 1.29 is 19.1 Å². The number of hydrogen-bond acceptors (Lipinski definition) is 4. The fraction of sp³-hybridized carbons (Fsp3) is 0.263. The monoisotopic (exact) mass is 416 g/mol. The largest absolute Gasteiger partial charge is 0.454 e. The average molecular weight is 417 g/mol. The minimum atomic E-state index is -0.358. The van der Waals surface area contributed by atoms with E-state index in [0.29, 0.717) is 24.6 Å². The molecule has 0 aromatic heterocycles.